The fourth-order valence-corrected chi connectivity index (χ4v) is 1.30. The Morgan fingerprint density at radius 2 is 1.94 bits per heavy atom. The summed E-state index contributed by atoms with van der Waals surface area (Å²) < 4.78 is 49.0. The van der Waals surface area contributed by atoms with Crippen molar-refractivity contribution in [2.45, 2.75) is 19.8 Å². The van der Waals surface area contributed by atoms with E-state index in [2.05, 4.69) is 4.74 Å². The molecule has 0 aliphatic rings. The number of esters is 1. The lowest BCUT2D eigenvalue weighted by Gasteiger charge is -2.09. The summed E-state index contributed by atoms with van der Waals surface area (Å²) in [5.74, 6) is -6.08. The molecule has 0 unspecified atom stereocenters. The van der Waals surface area contributed by atoms with Crippen molar-refractivity contribution in [3.05, 3.63) is 29.1 Å². The standard InChI is InChI=1S/C12H13F3O3/c1-3-4-5-18-12(16)7-6-8(13)10(15)11(17-2)9(7)14/h6H,3-5H2,1-2H3. The first-order valence-corrected chi connectivity index (χ1v) is 5.41. The van der Waals surface area contributed by atoms with E-state index < -0.39 is 34.7 Å². The zero-order valence-electron chi connectivity index (χ0n) is 10.1. The molecule has 0 radical (unpaired) electrons. The summed E-state index contributed by atoms with van der Waals surface area (Å²) in [6.45, 7) is 1.98. The van der Waals surface area contributed by atoms with Gasteiger partial charge in [-0.2, -0.15) is 4.39 Å². The maximum absolute atomic E-state index is 13.6. The maximum Gasteiger partial charge on any atom is 0.341 e. The molecule has 0 amide bonds. The Morgan fingerprint density at radius 3 is 2.50 bits per heavy atom. The van der Waals surface area contributed by atoms with Crippen LogP contribution in [0.25, 0.3) is 0 Å². The number of rotatable bonds is 5. The third-order valence-corrected chi connectivity index (χ3v) is 2.27. The molecule has 3 nitrogen and oxygen atoms in total. The van der Waals surface area contributed by atoms with Crippen molar-refractivity contribution in [1.29, 1.82) is 0 Å². The summed E-state index contributed by atoms with van der Waals surface area (Å²) in [6, 6.07) is 0.460. The van der Waals surface area contributed by atoms with Gasteiger partial charge < -0.3 is 9.47 Å². The first-order chi connectivity index (χ1) is 8.52. The van der Waals surface area contributed by atoms with Crippen LogP contribution in [0.15, 0.2) is 6.07 Å². The molecule has 0 aromatic heterocycles. The smallest absolute Gasteiger partial charge is 0.341 e. The minimum absolute atomic E-state index is 0.0933. The summed E-state index contributed by atoms with van der Waals surface area (Å²) in [6.07, 6.45) is 1.39. The monoisotopic (exact) mass is 262 g/mol. The molecule has 0 saturated heterocycles. The molecule has 0 bridgehead atoms. The first-order valence-electron chi connectivity index (χ1n) is 5.41. The molecule has 0 spiro atoms. The lowest BCUT2D eigenvalue weighted by Crippen LogP contribution is -2.11. The predicted octanol–water partition coefficient (Wildman–Crippen LogP) is 3.07. The van der Waals surface area contributed by atoms with Crippen LogP contribution in [0.4, 0.5) is 13.2 Å². The molecule has 0 fully saturated rings. The van der Waals surface area contributed by atoms with Crippen molar-refractivity contribution in [1.82, 2.24) is 0 Å². The summed E-state index contributed by atoms with van der Waals surface area (Å²) in [5.41, 5.74) is -0.679. The van der Waals surface area contributed by atoms with E-state index in [1.807, 2.05) is 6.92 Å². The van der Waals surface area contributed by atoms with Gasteiger partial charge in [-0.15, -0.1) is 0 Å². The fourth-order valence-electron chi connectivity index (χ4n) is 1.30. The molecule has 0 atom stereocenters. The lowest BCUT2D eigenvalue weighted by molar-refractivity contribution is 0.0492. The number of ether oxygens (including phenoxy) is 2. The van der Waals surface area contributed by atoms with Crippen LogP contribution in [-0.4, -0.2) is 19.7 Å². The molecule has 0 heterocycles. The Hall–Kier alpha value is -1.72. The molecule has 0 aliphatic heterocycles. The number of carbonyl (C=O) groups is 1. The number of unbranched alkanes of at least 4 members (excludes halogenated alkanes) is 1. The molecule has 0 saturated carbocycles. The van der Waals surface area contributed by atoms with Gasteiger partial charge in [0.25, 0.3) is 0 Å². The minimum Gasteiger partial charge on any atom is -0.491 e. The molecule has 0 N–H and O–H groups in total. The van der Waals surface area contributed by atoms with Crippen LogP contribution < -0.4 is 4.74 Å². The molecule has 100 valence electrons. The van der Waals surface area contributed by atoms with Crippen LogP contribution in [0.1, 0.15) is 30.1 Å². The van der Waals surface area contributed by atoms with Crippen LogP contribution in [0.2, 0.25) is 0 Å². The first kappa shape index (κ1) is 14.3. The minimum atomic E-state index is -1.47. The predicted molar refractivity (Wildman–Crippen MR) is 58.1 cm³/mol. The Morgan fingerprint density at radius 1 is 1.28 bits per heavy atom. The van der Waals surface area contributed by atoms with Gasteiger partial charge in [0, 0.05) is 0 Å². The van der Waals surface area contributed by atoms with Gasteiger partial charge >= 0.3 is 5.97 Å². The number of hydrogen-bond acceptors (Lipinski definition) is 3. The maximum atomic E-state index is 13.6. The lowest BCUT2D eigenvalue weighted by atomic mass is 10.2. The van der Waals surface area contributed by atoms with Gasteiger partial charge in [0.2, 0.25) is 5.82 Å². The van der Waals surface area contributed by atoms with Crippen molar-refractivity contribution in [2.24, 2.45) is 0 Å². The zero-order valence-corrected chi connectivity index (χ0v) is 10.1. The normalized spacial score (nSPS) is 10.3. The van der Waals surface area contributed by atoms with Gasteiger partial charge in [0.15, 0.2) is 17.4 Å². The highest BCUT2D eigenvalue weighted by Crippen LogP contribution is 2.27. The van der Waals surface area contributed by atoms with Crippen LogP contribution in [-0.2, 0) is 4.74 Å². The Balaban J connectivity index is 3.02. The molecular weight excluding hydrogens is 249 g/mol. The van der Waals surface area contributed by atoms with Crippen LogP contribution >= 0.6 is 0 Å². The van der Waals surface area contributed by atoms with Gasteiger partial charge in [0.05, 0.1) is 13.7 Å². The van der Waals surface area contributed by atoms with Crippen molar-refractivity contribution in [2.75, 3.05) is 13.7 Å². The highest BCUT2D eigenvalue weighted by molar-refractivity contribution is 5.90. The van der Waals surface area contributed by atoms with Crippen molar-refractivity contribution >= 4 is 5.97 Å². The van der Waals surface area contributed by atoms with Gasteiger partial charge in [-0.3, -0.25) is 0 Å². The number of halogens is 3. The highest BCUT2D eigenvalue weighted by atomic mass is 19.2. The molecule has 1 aromatic carbocycles. The second-order valence-corrected chi connectivity index (χ2v) is 3.56. The summed E-state index contributed by atoms with van der Waals surface area (Å²) in [5, 5.41) is 0. The molecule has 0 aliphatic carbocycles. The second kappa shape index (κ2) is 6.28. The van der Waals surface area contributed by atoms with E-state index in [4.69, 9.17) is 4.74 Å². The largest absolute Gasteiger partial charge is 0.491 e. The topological polar surface area (TPSA) is 35.5 Å². The average molecular weight is 262 g/mol. The van der Waals surface area contributed by atoms with E-state index in [-0.39, 0.29) is 6.61 Å². The average Bonchev–Trinajstić information content (AvgIpc) is 2.34. The summed E-state index contributed by atoms with van der Waals surface area (Å²) >= 11 is 0. The third kappa shape index (κ3) is 2.94. The quantitative estimate of drug-likeness (QED) is 0.465. The fraction of sp³-hybridized carbons (Fsp3) is 0.417. The van der Waals surface area contributed by atoms with Crippen molar-refractivity contribution in [3.8, 4) is 5.75 Å². The number of hydrogen-bond donors (Lipinski definition) is 0. The molecular formula is C12H13F3O3. The van der Waals surface area contributed by atoms with Gasteiger partial charge in [-0.05, 0) is 12.5 Å². The van der Waals surface area contributed by atoms with Crippen molar-refractivity contribution in [3.63, 3.8) is 0 Å². The Kier molecular flexibility index (Phi) is 5.00. The Bertz CT molecular complexity index is 447. The molecule has 18 heavy (non-hydrogen) atoms. The third-order valence-electron chi connectivity index (χ3n) is 2.27. The SMILES string of the molecule is CCCCOC(=O)c1cc(F)c(F)c(OC)c1F. The molecule has 6 heteroatoms. The van der Waals surface area contributed by atoms with Crippen LogP contribution in [0.3, 0.4) is 0 Å². The molecule has 1 rings (SSSR count). The van der Waals surface area contributed by atoms with Gasteiger partial charge in [-0.25, -0.2) is 13.6 Å². The van der Waals surface area contributed by atoms with Gasteiger partial charge in [0.1, 0.15) is 5.56 Å². The van der Waals surface area contributed by atoms with E-state index in [9.17, 15) is 18.0 Å². The number of benzene rings is 1. The summed E-state index contributed by atoms with van der Waals surface area (Å²) in [4.78, 5) is 11.5. The highest BCUT2D eigenvalue weighted by Gasteiger charge is 2.24. The Labute approximate surface area is 103 Å². The number of carbonyl (C=O) groups excluding carboxylic acids is 1. The molecule has 1 aromatic rings. The van der Waals surface area contributed by atoms with Crippen LogP contribution in [0, 0.1) is 17.5 Å². The van der Waals surface area contributed by atoms with E-state index in [0.717, 1.165) is 13.5 Å². The number of methoxy groups -OCH3 is 1. The second-order valence-electron chi connectivity index (χ2n) is 3.56. The van der Waals surface area contributed by atoms with Gasteiger partial charge in [-0.1, -0.05) is 13.3 Å². The van der Waals surface area contributed by atoms with E-state index in [1.54, 1.807) is 0 Å². The zero-order chi connectivity index (χ0) is 13.7. The van der Waals surface area contributed by atoms with E-state index in [0.29, 0.717) is 12.5 Å². The van der Waals surface area contributed by atoms with Crippen LogP contribution in [0.5, 0.6) is 5.75 Å². The summed E-state index contributed by atoms with van der Waals surface area (Å²) in [7, 11) is 0.979. The van der Waals surface area contributed by atoms with E-state index in [1.165, 1.54) is 0 Å². The van der Waals surface area contributed by atoms with Crippen molar-refractivity contribution < 1.29 is 27.4 Å². The van der Waals surface area contributed by atoms with E-state index >= 15 is 0 Å².